The van der Waals surface area contributed by atoms with Crippen LogP contribution in [0.5, 0.6) is 0 Å². The highest BCUT2D eigenvalue weighted by atomic mass is 19.4. The van der Waals surface area contributed by atoms with E-state index in [4.69, 9.17) is 0 Å². The monoisotopic (exact) mass is 341 g/mol. The Balaban J connectivity index is 2.12. The van der Waals surface area contributed by atoms with E-state index in [-0.39, 0.29) is 24.8 Å². The summed E-state index contributed by atoms with van der Waals surface area (Å²) in [6.45, 7) is 4.42. The Hall–Kier alpha value is -1.52. The van der Waals surface area contributed by atoms with Gasteiger partial charge in [0.25, 0.3) is 0 Å². The number of carbonyl (C=O) groups excluding carboxylic acids is 1. The standard InChI is InChI=1S/C19H26F3NO/c1-3-14(2)23(13-15-8-5-4-6-9-15)18(24)16-10-7-11-17(12-16)19(20,21)22/h4-6,8-9,14,16-17H,3,7,10-13H2,1-2H3. The van der Waals surface area contributed by atoms with Crippen molar-refractivity contribution in [2.24, 2.45) is 11.8 Å². The topological polar surface area (TPSA) is 20.3 Å². The predicted molar refractivity (Wildman–Crippen MR) is 88.2 cm³/mol. The molecule has 3 unspecified atom stereocenters. The molecule has 0 spiro atoms. The lowest BCUT2D eigenvalue weighted by Gasteiger charge is -2.36. The van der Waals surface area contributed by atoms with E-state index in [1.54, 1.807) is 4.90 Å². The molecule has 1 amide bonds. The molecular weight excluding hydrogens is 315 g/mol. The van der Waals surface area contributed by atoms with E-state index in [0.717, 1.165) is 12.0 Å². The zero-order valence-electron chi connectivity index (χ0n) is 14.4. The summed E-state index contributed by atoms with van der Waals surface area (Å²) in [5.41, 5.74) is 1.01. The second-order valence-electron chi connectivity index (χ2n) is 6.81. The SMILES string of the molecule is CCC(C)N(Cc1ccccc1)C(=O)C1CCCC(C(F)(F)F)C1. The molecule has 1 saturated carbocycles. The van der Waals surface area contributed by atoms with E-state index in [2.05, 4.69) is 0 Å². The second kappa shape index (κ2) is 8.04. The van der Waals surface area contributed by atoms with Crippen LogP contribution in [0.15, 0.2) is 30.3 Å². The number of rotatable bonds is 5. The van der Waals surface area contributed by atoms with Crippen molar-refractivity contribution in [1.29, 1.82) is 0 Å². The molecule has 1 aliphatic rings. The maximum atomic E-state index is 13.0. The van der Waals surface area contributed by atoms with Crippen LogP contribution in [-0.4, -0.2) is 23.0 Å². The van der Waals surface area contributed by atoms with Gasteiger partial charge >= 0.3 is 6.18 Å². The molecule has 3 atom stereocenters. The predicted octanol–water partition coefficient (Wildman–Crippen LogP) is 5.18. The van der Waals surface area contributed by atoms with Gasteiger partial charge in [0, 0.05) is 18.5 Å². The summed E-state index contributed by atoms with van der Waals surface area (Å²) >= 11 is 0. The molecule has 0 saturated heterocycles. The van der Waals surface area contributed by atoms with Crippen molar-refractivity contribution in [3.63, 3.8) is 0 Å². The highest BCUT2D eigenvalue weighted by Gasteiger charge is 2.44. The van der Waals surface area contributed by atoms with Gasteiger partial charge in [0.15, 0.2) is 0 Å². The molecular formula is C19H26F3NO. The average Bonchev–Trinajstić information content (AvgIpc) is 2.58. The lowest BCUT2D eigenvalue weighted by molar-refractivity contribution is -0.187. The van der Waals surface area contributed by atoms with E-state index < -0.39 is 18.0 Å². The van der Waals surface area contributed by atoms with Gasteiger partial charge in [0.05, 0.1) is 5.92 Å². The van der Waals surface area contributed by atoms with Gasteiger partial charge in [-0.15, -0.1) is 0 Å². The molecule has 1 aliphatic carbocycles. The first-order valence-corrected chi connectivity index (χ1v) is 8.74. The summed E-state index contributed by atoms with van der Waals surface area (Å²) < 4.78 is 39.1. The maximum Gasteiger partial charge on any atom is 0.391 e. The van der Waals surface area contributed by atoms with Gasteiger partial charge in [-0.2, -0.15) is 13.2 Å². The normalized spacial score (nSPS) is 22.9. The minimum atomic E-state index is -4.19. The minimum Gasteiger partial charge on any atom is -0.335 e. The number of nitrogens with zero attached hydrogens (tertiary/aromatic N) is 1. The van der Waals surface area contributed by atoms with E-state index in [1.807, 2.05) is 44.2 Å². The third-order valence-electron chi connectivity index (χ3n) is 5.09. The Labute approximate surface area is 142 Å². The highest BCUT2D eigenvalue weighted by Crippen LogP contribution is 2.40. The molecule has 1 aromatic rings. The summed E-state index contributed by atoms with van der Waals surface area (Å²) in [5.74, 6) is -1.97. The van der Waals surface area contributed by atoms with Crippen molar-refractivity contribution in [2.45, 2.75) is 64.7 Å². The van der Waals surface area contributed by atoms with Crippen molar-refractivity contribution in [1.82, 2.24) is 4.90 Å². The Bertz CT molecular complexity index is 529. The smallest absolute Gasteiger partial charge is 0.335 e. The van der Waals surface area contributed by atoms with Gasteiger partial charge in [0.2, 0.25) is 5.91 Å². The number of amides is 1. The van der Waals surface area contributed by atoms with Crippen LogP contribution in [0.4, 0.5) is 13.2 Å². The Morgan fingerprint density at radius 2 is 1.92 bits per heavy atom. The summed E-state index contributed by atoms with van der Waals surface area (Å²) in [5, 5.41) is 0. The molecule has 134 valence electrons. The number of halogens is 3. The maximum absolute atomic E-state index is 13.0. The van der Waals surface area contributed by atoms with Crippen molar-refractivity contribution in [2.75, 3.05) is 0 Å². The molecule has 0 aromatic heterocycles. The first-order chi connectivity index (χ1) is 11.3. The lowest BCUT2D eigenvalue weighted by atomic mass is 9.80. The molecule has 0 aliphatic heterocycles. The molecule has 2 rings (SSSR count). The molecule has 2 nitrogen and oxygen atoms in total. The van der Waals surface area contributed by atoms with Gasteiger partial charge in [-0.25, -0.2) is 0 Å². The fourth-order valence-electron chi connectivity index (χ4n) is 3.40. The number of hydrogen-bond donors (Lipinski definition) is 0. The van der Waals surface area contributed by atoms with Gasteiger partial charge in [-0.1, -0.05) is 43.7 Å². The third-order valence-corrected chi connectivity index (χ3v) is 5.09. The minimum absolute atomic E-state index is 0.0176. The lowest BCUT2D eigenvalue weighted by Crippen LogP contribution is -2.44. The van der Waals surface area contributed by atoms with Crippen molar-refractivity contribution < 1.29 is 18.0 Å². The first kappa shape index (κ1) is 18.8. The molecule has 24 heavy (non-hydrogen) atoms. The molecule has 1 aromatic carbocycles. The van der Waals surface area contributed by atoms with Gasteiger partial charge in [0.1, 0.15) is 0 Å². The van der Waals surface area contributed by atoms with E-state index in [9.17, 15) is 18.0 Å². The van der Waals surface area contributed by atoms with Crippen LogP contribution < -0.4 is 0 Å². The Kier molecular flexibility index (Phi) is 6.30. The summed E-state index contributed by atoms with van der Waals surface area (Å²) in [4.78, 5) is 14.7. The van der Waals surface area contributed by atoms with Crippen LogP contribution in [0.2, 0.25) is 0 Å². The van der Waals surface area contributed by atoms with Gasteiger partial charge in [-0.05, 0) is 38.2 Å². The van der Waals surface area contributed by atoms with Crippen LogP contribution in [0.1, 0.15) is 51.5 Å². The summed E-state index contributed by atoms with van der Waals surface area (Å²) in [7, 11) is 0. The molecule has 0 bridgehead atoms. The molecule has 0 radical (unpaired) electrons. The average molecular weight is 341 g/mol. The van der Waals surface area contributed by atoms with Crippen LogP contribution in [0.3, 0.4) is 0 Å². The quantitative estimate of drug-likeness (QED) is 0.722. The Morgan fingerprint density at radius 3 is 2.50 bits per heavy atom. The zero-order chi connectivity index (χ0) is 17.7. The number of carbonyl (C=O) groups is 1. The molecule has 0 N–H and O–H groups in total. The molecule has 0 heterocycles. The van der Waals surface area contributed by atoms with Gasteiger partial charge < -0.3 is 4.90 Å². The first-order valence-electron chi connectivity index (χ1n) is 8.74. The van der Waals surface area contributed by atoms with Gasteiger partial charge in [-0.3, -0.25) is 4.79 Å². The fraction of sp³-hybridized carbons (Fsp3) is 0.632. The number of alkyl halides is 3. The number of benzene rings is 1. The summed E-state index contributed by atoms with van der Waals surface area (Å²) in [6, 6.07) is 9.64. The van der Waals surface area contributed by atoms with E-state index in [1.165, 1.54) is 0 Å². The second-order valence-corrected chi connectivity index (χ2v) is 6.81. The van der Waals surface area contributed by atoms with E-state index >= 15 is 0 Å². The Morgan fingerprint density at radius 1 is 1.25 bits per heavy atom. The van der Waals surface area contributed by atoms with Crippen molar-refractivity contribution in [3.8, 4) is 0 Å². The number of hydrogen-bond acceptors (Lipinski definition) is 1. The fourth-order valence-corrected chi connectivity index (χ4v) is 3.40. The highest BCUT2D eigenvalue weighted by molar-refractivity contribution is 5.79. The van der Waals surface area contributed by atoms with Crippen LogP contribution in [0.25, 0.3) is 0 Å². The molecule has 1 fully saturated rings. The zero-order valence-corrected chi connectivity index (χ0v) is 14.4. The van der Waals surface area contributed by atoms with Crippen LogP contribution >= 0.6 is 0 Å². The summed E-state index contributed by atoms with van der Waals surface area (Å²) in [6.07, 6.45) is -2.29. The van der Waals surface area contributed by atoms with Crippen molar-refractivity contribution in [3.05, 3.63) is 35.9 Å². The largest absolute Gasteiger partial charge is 0.391 e. The van der Waals surface area contributed by atoms with E-state index in [0.29, 0.717) is 19.4 Å². The third kappa shape index (κ3) is 4.74. The molecule has 5 heteroatoms. The van der Waals surface area contributed by atoms with Crippen LogP contribution in [0, 0.1) is 11.8 Å². The van der Waals surface area contributed by atoms with Crippen LogP contribution in [-0.2, 0) is 11.3 Å². The van der Waals surface area contributed by atoms with Crippen molar-refractivity contribution >= 4 is 5.91 Å².